The van der Waals surface area contributed by atoms with Crippen LogP contribution in [0, 0.1) is 0 Å². The zero-order chi connectivity index (χ0) is 37.8. The number of fused-ring (bicyclic) bond motifs is 2. The number of allylic oxidation sites excluding steroid dienone is 2. The van der Waals surface area contributed by atoms with Crippen LogP contribution in [0.3, 0.4) is 0 Å². The van der Waals surface area contributed by atoms with Gasteiger partial charge >= 0.3 is 334 Å². The number of halogens is 2. The van der Waals surface area contributed by atoms with Gasteiger partial charge in [-0.15, -0.1) is 0 Å². The molecule has 0 aromatic heterocycles. The molecule has 0 spiro atoms. The Labute approximate surface area is 331 Å². The molecule has 4 heteroatoms. The first-order valence-corrected chi connectivity index (χ1v) is 35.9. The molecule has 0 nitrogen and oxygen atoms in total. The molecule has 0 bridgehead atoms. The second-order valence-electron chi connectivity index (χ2n) is 16.3. The van der Waals surface area contributed by atoms with Crippen LogP contribution in [-0.4, -0.2) is 5.92 Å². The molecule has 2 aliphatic rings. The Morgan fingerprint density at radius 2 is 0.759 bits per heavy atom. The van der Waals surface area contributed by atoms with Gasteiger partial charge < -0.3 is 0 Å². The van der Waals surface area contributed by atoms with Gasteiger partial charge in [-0.3, -0.25) is 0 Å². The maximum atomic E-state index is 9.04. The predicted octanol–water partition coefficient (Wildman–Crippen LogP) is 15.1. The molecule has 6 aromatic rings. The summed E-state index contributed by atoms with van der Waals surface area (Å²) in [6.45, 7) is 14.1. The second-order valence-corrected chi connectivity index (χ2v) is 58.8. The Kier molecular flexibility index (Phi) is 10.1. The van der Waals surface area contributed by atoms with Gasteiger partial charge in [0.1, 0.15) is 0 Å². The molecule has 0 amide bonds. The van der Waals surface area contributed by atoms with Crippen LogP contribution < -0.4 is 0 Å². The quantitative estimate of drug-likeness (QED) is 0.127. The molecule has 271 valence electrons. The third-order valence-electron chi connectivity index (χ3n) is 12.3. The topological polar surface area (TPSA) is 0 Å². The molecule has 0 heterocycles. The molecule has 0 radical (unpaired) electrons. The van der Waals surface area contributed by atoms with E-state index >= 15 is 0 Å². The average molecular weight is 840 g/mol. The minimum absolute atomic E-state index is 0.0875. The standard InChI is InChI=1S/2C24H21.C2H7Si.2ClH.Zr/c2*1-17(2)22-14-13-20-15-21(18-9-5-3-6-10-18)16-23(20)24(22)19-11-7-4-8-12-19;1-3-2;;;/h2*3-17H,1-2H3;3H,1-2H3;2*1H;/q;;;;;+2/p-2. The summed E-state index contributed by atoms with van der Waals surface area (Å²) in [4.78, 5) is 0. The van der Waals surface area contributed by atoms with E-state index in [2.05, 4.69) is 199 Å². The summed E-state index contributed by atoms with van der Waals surface area (Å²) < 4.78 is -0.175. The van der Waals surface area contributed by atoms with Gasteiger partial charge in [0.05, 0.1) is 0 Å². The number of benzene rings is 6. The first-order valence-electron chi connectivity index (χ1n) is 19.6. The molecule has 0 aliphatic heterocycles. The second kappa shape index (κ2) is 14.5. The SMILES string of the molecule is CC(C)c1ccc2c(c1-c1ccccc1)C=C(c1ccccc1)[CH]2[Zr]([Cl])([Cl])([CH]1C(c2ccccc2)=Cc2c1ccc(C(C)C)c2-c1ccccc1)[SiH](C)C. The van der Waals surface area contributed by atoms with Crippen molar-refractivity contribution in [2.45, 2.75) is 59.9 Å². The monoisotopic (exact) mass is 837 g/mol. The maximum absolute atomic E-state index is 9.04. The molecule has 2 unspecified atom stereocenters. The van der Waals surface area contributed by atoms with E-state index < -0.39 is 21.5 Å². The van der Waals surface area contributed by atoms with Crippen LogP contribution in [0.4, 0.5) is 0 Å². The van der Waals surface area contributed by atoms with Crippen LogP contribution in [0.15, 0.2) is 146 Å². The van der Waals surface area contributed by atoms with Gasteiger partial charge in [0.2, 0.25) is 0 Å². The van der Waals surface area contributed by atoms with Gasteiger partial charge in [0, 0.05) is 0 Å². The predicted molar refractivity (Wildman–Crippen MR) is 237 cm³/mol. The van der Waals surface area contributed by atoms with E-state index in [4.69, 9.17) is 17.0 Å². The fourth-order valence-electron chi connectivity index (χ4n) is 9.53. The summed E-state index contributed by atoms with van der Waals surface area (Å²) in [6.07, 6.45) is 4.97. The minimum atomic E-state index is -5.24. The van der Waals surface area contributed by atoms with Crippen molar-refractivity contribution in [2.75, 3.05) is 0 Å². The first-order chi connectivity index (χ1) is 26.0. The zero-order valence-electron chi connectivity index (χ0n) is 32.2. The van der Waals surface area contributed by atoms with Gasteiger partial charge in [0.25, 0.3) is 0 Å². The van der Waals surface area contributed by atoms with Crippen molar-refractivity contribution in [3.05, 3.63) is 190 Å². The molecule has 0 saturated heterocycles. The van der Waals surface area contributed by atoms with Crippen LogP contribution in [0.5, 0.6) is 0 Å². The Morgan fingerprint density at radius 1 is 0.444 bits per heavy atom. The van der Waals surface area contributed by atoms with Crippen molar-refractivity contribution in [1.29, 1.82) is 0 Å². The molecule has 8 rings (SSSR count). The third kappa shape index (κ3) is 6.04. The molecule has 54 heavy (non-hydrogen) atoms. The van der Waals surface area contributed by atoms with E-state index in [1.807, 2.05) is 0 Å². The van der Waals surface area contributed by atoms with Gasteiger partial charge in [0.15, 0.2) is 0 Å². The van der Waals surface area contributed by atoms with Crippen molar-refractivity contribution in [3.8, 4) is 22.3 Å². The first kappa shape index (κ1) is 37.4. The summed E-state index contributed by atoms with van der Waals surface area (Å²) in [5.41, 5.74) is 18.0. The third-order valence-corrected chi connectivity index (χ3v) is 63.8. The fourth-order valence-corrected chi connectivity index (χ4v) is 39.6. The summed E-state index contributed by atoms with van der Waals surface area (Å²) in [7, 11) is 18.1. The summed E-state index contributed by atoms with van der Waals surface area (Å²) >= 11 is -5.24. The van der Waals surface area contributed by atoms with Crippen LogP contribution in [-0.2, 0) is 15.6 Å². The van der Waals surface area contributed by atoms with E-state index in [0.29, 0.717) is 11.8 Å². The van der Waals surface area contributed by atoms with Crippen molar-refractivity contribution in [1.82, 2.24) is 0 Å². The fraction of sp³-hybridized carbons (Fsp3) is 0.200. The van der Waals surface area contributed by atoms with E-state index in [1.165, 1.54) is 77.9 Å². The summed E-state index contributed by atoms with van der Waals surface area (Å²) in [5.74, 6) is -1.14. The molecule has 6 aromatic carbocycles. The zero-order valence-corrected chi connectivity index (χ0v) is 37.3. The van der Waals surface area contributed by atoms with E-state index in [1.54, 1.807) is 0 Å². The average Bonchev–Trinajstić information content (AvgIpc) is 3.79. The van der Waals surface area contributed by atoms with Gasteiger partial charge in [-0.2, -0.15) is 0 Å². The van der Waals surface area contributed by atoms with Gasteiger partial charge in [-0.05, 0) is 0 Å². The van der Waals surface area contributed by atoms with Gasteiger partial charge in [-0.25, -0.2) is 0 Å². The summed E-state index contributed by atoms with van der Waals surface area (Å²) in [6, 6.07) is 53.4. The number of rotatable bonds is 9. The molecule has 0 N–H and O–H groups in total. The Balaban J connectivity index is 1.47. The molecule has 0 saturated carbocycles. The Morgan fingerprint density at radius 3 is 1.06 bits per heavy atom. The molecule has 2 aliphatic carbocycles. The van der Waals surface area contributed by atoms with Crippen LogP contribution in [0.2, 0.25) is 13.1 Å². The Hall–Kier alpha value is -3.52. The van der Waals surface area contributed by atoms with E-state index in [9.17, 15) is 0 Å². The van der Waals surface area contributed by atoms with Crippen molar-refractivity contribution >= 4 is 46.2 Å². The Bertz CT molecular complexity index is 2230. The van der Waals surface area contributed by atoms with E-state index in [-0.39, 0.29) is 7.25 Å². The molecule has 0 fully saturated rings. The number of hydrogen-bond acceptors (Lipinski definition) is 0. The summed E-state index contributed by atoms with van der Waals surface area (Å²) in [5, 5.41) is 0. The van der Waals surface area contributed by atoms with Crippen molar-refractivity contribution in [2.24, 2.45) is 0 Å². The van der Waals surface area contributed by atoms with Crippen molar-refractivity contribution < 1.29 is 15.6 Å². The molecule has 2 atom stereocenters. The van der Waals surface area contributed by atoms with Gasteiger partial charge in [-0.1, -0.05) is 0 Å². The van der Waals surface area contributed by atoms with Crippen LogP contribution in [0.1, 0.15) is 91.3 Å². The van der Waals surface area contributed by atoms with E-state index in [0.717, 1.165) is 0 Å². The molecular weight excluding hydrogens is 791 g/mol. The van der Waals surface area contributed by atoms with Crippen LogP contribution in [0.25, 0.3) is 45.6 Å². The normalized spacial score (nSPS) is 17.3. The molecular formula is C50H49Cl2SiZr. The number of hydrogen-bond donors (Lipinski definition) is 0. The van der Waals surface area contributed by atoms with Crippen LogP contribution >= 0.6 is 17.0 Å². The van der Waals surface area contributed by atoms with Crippen molar-refractivity contribution in [3.63, 3.8) is 0 Å².